The first-order valence-corrected chi connectivity index (χ1v) is 10.5. The number of guanidine groups is 1. The number of amides is 1. The Hall–Kier alpha value is -2.91. The number of benzene rings is 1. The van der Waals surface area contributed by atoms with Gasteiger partial charge >= 0.3 is 12.1 Å². The van der Waals surface area contributed by atoms with E-state index in [2.05, 4.69) is 4.99 Å². The monoisotopic (exact) mass is 447 g/mol. The van der Waals surface area contributed by atoms with Crippen LogP contribution < -0.4 is 5.73 Å². The van der Waals surface area contributed by atoms with Gasteiger partial charge in [0.05, 0.1) is 23.9 Å². The van der Waals surface area contributed by atoms with Crippen LogP contribution in [0.25, 0.3) is 5.70 Å². The fourth-order valence-electron chi connectivity index (χ4n) is 3.36. The summed E-state index contributed by atoms with van der Waals surface area (Å²) < 4.78 is 21.5. The number of aliphatic imine (C=N–C) groups is 1. The smallest absolute Gasteiger partial charge is 0.417 e. The van der Waals surface area contributed by atoms with Gasteiger partial charge in [-0.2, -0.15) is 0 Å². The molecule has 0 aromatic heterocycles. The zero-order valence-electron chi connectivity index (χ0n) is 19.6. The first-order chi connectivity index (χ1) is 15.1. The van der Waals surface area contributed by atoms with E-state index in [-0.39, 0.29) is 18.1 Å². The summed E-state index contributed by atoms with van der Waals surface area (Å²) in [6.45, 7) is 7.14. The average molecular weight is 448 g/mol. The summed E-state index contributed by atoms with van der Waals surface area (Å²) in [5, 5.41) is 0. The molecule has 176 valence electrons. The Labute approximate surface area is 189 Å². The third kappa shape index (κ3) is 6.30. The second-order valence-electron chi connectivity index (χ2n) is 8.16. The molecule has 32 heavy (non-hydrogen) atoms. The number of carbonyl (C=O) groups is 2. The van der Waals surface area contributed by atoms with Crippen molar-refractivity contribution in [3.63, 3.8) is 0 Å². The fraction of sp³-hybridized carbons (Fsp3) is 0.522. The molecule has 2 rings (SSSR count). The van der Waals surface area contributed by atoms with Gasteiger partial charge in [-0.1, -0.05) is 30.3 Å². The Morgan fingerprint density at radius 1 is 1.16 bits per heavy atom. The quantitative estimate of drug-likeness (QED) is 0.480. The molecule has 1 amide bonds. The molecule has 1 aliphatic heterocycles. The van der Waals surface area contributed by atoms with Crippen molar-refractivity contribution in [2.75, 3.05) is 20.8 Å². The van der Waals surface area contributed by atoms with Gasteiger partial charge < -0.3 is 24.7 Å². The number of nitrogens with zero attached hydrogens (tertiary/aromatic N) is 2. The molecule has 1 heterocycles. The lowest BCUT2D eigenvalue weighted by atomic mass is 9.94. The molecule has 0 aliphatic carbocycles. The number of carbonyl (C=O) groups excluding carboxylic acids is 2. The Morgan fingerprint density at radius 2 is 1.78 bits per heavy atom. The van der Waals surface area contributed by atoms with E-state index >= 15 is 0 Å². The molecule has 1 aliphatic rings. The second-order valence-corrected chi connectivity index (χ2v) is 8.16. The summed E-state index contributed by atoms with van der Waals surface area (Å²) >= 11 is 0. The van der Waals surface area contributed by atoms with Crippen molar-refractivity contribution < 1.29 is 28.5 Å². The van der Waals surface area contributed by atoms with Gasteiger partial charge in [-0.05, 0) is 34.1 Å². The Bertz CT molecular complexity index is 856. The van der Waals surface area contributed by atoms with Crippen LogP contribution in [0.15, 0.2) is 40.9 Å². The van der Waals surface area contributed by atoms with Gasteiger partial charge in [-0.15, -0.1) is 0 Å². The lowest BCUT2D eigenvalue weighted by Crippen LogP contribution is -2.54. The van der Waals surface area contributed by atoms with Gasteiger partial charge in [0.2, 0.25) is 5.96 Å². The predicted molar refractivity (Wildman–Crippen MR) is 121 cm³/mol. The molecule has 1 aromatic carbocycles. The highest BCUT2D eigenvalue weighted by molar-refractivity contribution is 6.07. The summed E-state index contributed by atoms with van der Waals surface area (Å²) in [5.74, 6) is -0.643. The lowest BCUT2D eigenvalue weighted by molar-refractivity contribution is -0.139. The number of esters is 1. The summed E-state index contributed by atoms with van der Waals surface area (Å²) in [6.07, 6.45) is -0.551. The SMILES string of the molecule is CCOC(=O)C1=C(c2ccccc2)N=C(N)N(C(=O)OC(C)(C)C)C1CCC(OC)OC. The van der Waals surface area contributed by atoms with Gasteiger partial charge in [0.15, 0.2) is 6.29 Å². The normalized spacial score (nSPS) is 16.8. The standard InChI is InChI=1S/C23H33N3O6/c1-7-31-20(27)18-16(13-14-17(29-5)30-6)26(22(28)32-23(2,3)4)21(24)25-19(18)15-11-9-8-10-12-15/h8-12,16-17H,7,13-14H2,1-6H3,(H2,24,25). The minimum absolute atomic E-state index is 0.0671. The van der Waals surface area contributed by atoms with Crippen molar-refractivity contribution in [1.82, 2.24) is 4.90 Å². The number of hydrogen-bond acceptors (Lipinski definition) is 8. The maximum absolute atomic E-state index is 13.1. The molecule has 9 nitrogen and oxygen atoms in total. The van der Waals surface area contributed by atoms with E-state index in [0.29, 0.717) is 24.1 Å². The van der Waals surface area contributed by atoms with E-state index in [0.717, 1.165) is 0 Å². The summed E-state index contributed by atoms with van der Waals surface area (Å²) in [7, 11) is 3.04. The minimum Gasteiger partial charge on any atom is -0.463 e. The molecule has 2 N–H and O–H groups in total. The molecule has 0 saturated heterocycles. The number of ether oxygens (including phenoxy) is 4. The minimum atomic E-state index is -0.788. The highest BCUT2D eigenvalue weighted by Crippen LogP contribution is 2.33. The van der Waals surface area contributed by atoms with Crippen LogP contribution in [0.4, 0.5) is 4.79 Å². The molecule has 1 aromatic rings. The van der Waals surface area contributed by atoms with Gasteiger partial charge in [0, 0.05) is 26.2 Å². The number of methoxy groups -OCH3 is 2. The predicted octanol–water partition coefficient (Wildman–Crippen LogP) is 3.29. The van der Waals surface area contributed by atoms with E-state index in [1.54, 1.807) is 27.7 Å². The van der Waals surface area contributed by atoms with Crippen molar-refractivity contribution in [2.45, 2.75) is 58.5 Å². The van der Waals surface area contributed by atoms with E-state index < -0.39 is 30.0 Å². The highest BCUT2D eigenvalue weighted by atomic mass is 16.7. The van der Waals surface area contributed by atoms with E-state index in [1.807, 2.05) is 30.3 Å². The molecule has 0 bridgehead atoms. The van der Waals surface area contributed by atoms with Crippen LogP contribution in [0.5, 0.6) is 0 Å². The third-order valence-electron chi connectivity index (χ3n) is 4.71. The zero-order chi connectivity index (χ0) is 23.9. The maximum atomic E-state index is 13.1. The number of hydrogen-bond donors (Lipinski definition) is 1. The van der Waals surface area contributed by atoms with Crippen LogP contribution in [-0.2, 0) is 23.7 Å². The van der Waals surface area contributed by atoms with E-state index in [1.165, 1.54) is 19.1 Å². The molecule has 0 fully saturated rings. The van der Waals surface area contributed by atoms with Crippen LogP contribution in [0.2, 0.25) is 0 Å². The van der Waals surface area contributed by atoms with Crippen LogP contribution in [0.3, 0.4) is 0 Å². The second kappa shape index (κ2) is 11.1. The fourth-order valence-corrected chi connectivity index (χ4v) is 3.36. The number of nitrogens with two attached hydrogens (primary N) is 1. The molecule has 0 radical (unpaired) electrons. The summed E-state index contributed by atoms with van der Waals surface area (Å²) in [4.78, 5) is 31.8. The average Bonchev–Trinajstić information content (AvgIpc) is 2.73. The summed E-state index contributed by atoms with van der Waals surface area (Å²) in [6, 6.07) is 8.37. The van der Waals surface area contributed by atoms with Crippen molar-refractivity contribution >= 4 is 23.7 Å². The third-order valence-corrected chi connectivity index (χ3v) is 4.71. The molecule has 1 unspecified atom stereocenters. The van der Waals surface area contributed by atoms with Crippen LogP contribution in [-0.4, -0.2) is 61.7 Å². The van der Waals surface area contributed by atoms with E-state index in [4.69, 9.17) is 24.7 Å². The van der Waals surface area contributed by atoms with Crippen molar-refractivity contribution in [3.05, 3.63) is 41.5 Å². The first kappa shape index (κ1) is 25.4. The van der Waals surface area contributed by atoms with Gasteiger partial charge in [0.25, 0.3) is 0 Å². The molecular formula is C23H33N3O6. The van der Waals surface area contributed by atoms with Crippen molar-refractivity contribution in [3.8, 4) is 0 Å². The largest absolute Gasteiger partial charge is 0.463 e. The first-order valence-electron chi connectivity index (χ1n) is 10.5. The van der Waals surface area contributed by atoms with Gasteiger partial charge in [-0.25, -0.2) is 19.5 Å². The summed E-state index contributed by atoms with van der Waals surface area (Å²) in [5.41, 5.74) is 6.75. The van der Waals surface area contributed by atoms with Gasteiger partial charge in [0.1, 0.15) is 5.60 Å². The molecule has 0 saturated carbocycles. The van der Waals surface area contributed by atoms with Gasteiger partial charge in [-0.3, -0.25) is 0 Å². The van der Waals surface area contributed by atoms with Crippen LogP contribution in [0.1, 0.15) is 46.1 Å². The molecule has 1 atom stereocenters. The van der Waals surface area contributed by atoms with E-state index in [9.17, 15) is 9.59 Å². The molecular weight excluding hydrogens is 414 g/mol. The van der Waals surface area contributed by atoms with Crippen molar-refractivity contribution in [2.24, 2.45) is 10.7 Å². The van der Waals surface area contributed by atoms with Crippen LogP contribution >= 0.6 is 0 Å². The van der Waals surface area contributed by atoms with Crippen LogP contribution in [0, 0.1) is 0 Å². The number of rotatable bonds is 8. The Morgan fingerprint density at radius 3 is 2.31 bits per heavy atom. The Balaban J connectivity index is 2.62. The topological polar surface area (TPSA) is 113 Å². The highest BCUT2D eigenvalue weighted by Gasteiger charge is 2.41. The Kier molecular flexibility index (Phi) is 8.80. The maximum Gasteiger partial charge on any atom is 0.417 e. The lowest BCUT2D eigenvalue weighted by Gasteiger charge is -2.37. The van der Waals surface area contributed by atoms with Crippen molar-refractivity contribution in [1.29, 1.82) is 0 Å². The molecule has 9 heteroatoms. The molecule has 0 spiro atoms. The zero-order valence-corrected chi connectivity index (χ0v) is 19.6.